The molecule has 0 bridgehead atoms. The summed E-state index contributed by atoms with van der Waals surface area (Å²) >= 11 is 0. The molecule has 1 aliphatic carbocycles. The monoisotopic (exact) mass is 225 g/mol. The molecule has 2 unspecified atom stereocenters. The van der Waals surface area contributed by atoms with Gasteiger partial charge in [-0.25, -0.2) is 0 Å². The Balaban J connectivity index is 1.76. The van der Waals surface area contributed by atoms with Crippen LogP contribution in [0, 0.1) is 5.41 Å². The van der Waals surface area contributed by atoms with Crippen LogP contribution in [0.5, 0.6) is 0 Å². The maximum atomic E-state index is 6.01. The number of hydrogen-bond donors (Lipinski definition) is 1. The molecule has 1 N–H and O–H groups in total. The summed E-state index contributed by atoms with van der Waals surface area (Å²) in [6, 6.07) is 0.694. The van der Waals surface area contributed by atoms with E-state index in [4.69, 9.17) is 4.74 Å². The van der Waals surface area contributed by atoms with E-state index in [-0.39, 0.29) is 5.60 Å². The van der Waals surface area contributed by atoms with Crippen molar-refractivity contribution in [2.75, 3.05) is 6.54 Å². The van der Waals surface area contributed by atoms with Crippen molar-refractivity contribution in [3.05, 3.63) is 0 Å². The molecular formula is C14H27NO. The fourth-order valence-corrected chi connectivity index (χ4v) is 3.20. The SMILES string of the molecule is CC1(C)CCC(CNC2CCCC2(C)C)O1. The van der Waals surface area contributed by atoms with Crippen LogP contribution >= 0.6 is 0 Å². The van der Waals surface area contributed by atoms with Crippen molar-refractivity contribution < 1.29 is 4.74 Å². The molecule has 1 aliphatic heterocycles. The third-order valence-corrected chi connectivity index (χ3v) is 4.40. The second kappa shape index (κ2) is 4.30. The highest BCUT2D eigenvalue weighted by atomic mass is 16.5. The molecular weight excluding hydrogens is 198 g/mol. The first kappa shape index (κ1) is 12.4. The van der Waals surface area contributed by atoms with Gasteiger partial charge in [-0.05, 0) is 44.9 Å². The van der Waals surface area contributed by atoms with Crippen LogP contribution in [-0.4, -0.2) is 24.3 Å². The van der Waals surface area contributed by atoms with Crippen LogP contribution < -0.4 is 5.32 Å². The predicted molar refractivity (Wildman–Crippen MR) is 67.6 cm³/mol. The van der Waals surface area contributed by atoms with Gasteiger partial charge in [0.25, 0.3) is 0 Å². The summed E-state index contributed by atoms with van der Waals surface area (Å²) in [6.45, 7) is 10.2. The lowest BCUT2D eigenvalue weighted by Gasteiger charge is -2.29. The Morgan fingerprint density at radius 2 is 1.88 bits per heavy atom. The maximum absolute atomic E-state index is 6.01. The minimum Gasteiger partial charge on any atom is -0.371 e. The molecule has 1 saturated heterocycles. The zero-order valence-electron chi connectivity index (χ0n) is 11.3. The molecule has 0 amide bonds. The zero-order chi connectivity index (χ0) is 11.8. The van der Waals surface area contributed by atoms with Crippen molar-refractivity contribution in [1.82, 2.24) is 5.32 Å². The highest BCUT2D eigenvalue weighted by Crippen LogP contribution is 2.37. The topological polar surface area (TPSA) is 21.3 Å². The summed E-state index contributed by atoms with van der Waals surface area (Å²) < 4.78 is 6.01. The van der Waals surface area contributed by atoms with Crippen LogP contribution in [0.2, 0.25) is 0 Å². The Hall–Kier alpha value is -0.0800. The molecule has 0 aromatic carbocycles. The maximum Gasteiger partial charge on any atom is 0.0707 e. The van der Waals surface area contributed by atoms with Crippen molar-refractivity contribution in [2.45, 2.75) is 77.5 Å². The van der Waals surface area contributed by atoms with Gasteiger partial charge in [0.1, 0.15) is 0 Å². The third kappa shape index (κ3) is 2.78. The lowest BCUT2D eigenvalue weighted by Crippen LogP contribution is -2.42. The van der Waals surface area contributed by atoms with Gasteiger partial charge in [0.15, 0.2) is 0 Å². The molecule has 0 aromatic heterocycles. The van der Waals surface area contributed by atoms with Gasteiger partial charge in [-0.15, -0.1) is 0 Å². The van der Waals surface area contributed by atoms with E-state index in [1.165, 1.54) is 32.1 Å². The average Bonchev–Trinajstić information content (AvgIpc) is 2.66. The summed E-state index contributed by atoms with van der Waals surface area (Å²) in [5, 5.41) is 3.73. The first-order chi connectivity index (χ1) is 7.39. The Kier molecular flexibility index (Phi) is 3.33. The van der Waals surface area contributed by atoms with Crippen molar-refractivity contribution >= 4 is 0 Å². The molecule has 2 aliphatic rings. The van der Waals surface area contributed by atoms with E-state index in [1.54, 1.807) is 0 Å². The molecule has 2 fully saturated rings. The molecule has 94 valence electrons. The average molecular weight is 225 g/mol. The Morgan fingerprint density at radius 1 is 1.12 bits per heavy atom. The highest BCUT2D eigenvalue weighted by Gasteiger charge is 2.36. The Morgan fingerprint density at radius 3 is 2.38 bits per heavy atom. The number of hydrogen-bond acceptors (Lipinski definition) is 2. The molecule has 0 aromatic rings. The minimum atomic E-state index is 0.109. The van der Waals surface area contributed by atoms with Gasteiger partial charge < -0.3 is 10.1 Å². The summed E-state index contributed by atoms with van der Waals surface area (Å²) in [4.78, 5) is 0. The van der Waals surface area contributed by atoms with Gasteiger partial charge >= 0.3 is 0 Å². The first-order valence-electron chi connectivity index (χ1n) is 6.80. The fraction of sp³-hybridized carbons (Fsp3) is 1.00. The molecule has 2 atom stereocenters. The normalized spacial score (nSPS) is 36.8. The van der Waals surface area contributed by atoms with Crippen LogP contribution in [0.3, 0.4) is 0 Å². The highest BCUT2D eigenvalue weighted by molar-refractivity contribution is 4.91. The second-order valence-corrected chi connectivity index (χ2v) is 6.88. The fourth-order valence-electron chi connectivity index (χ4n) is 3.20. The van der Waals surface area contributed by atoms with E-state index in [0.717, 1.165) is 6.54 Å². The molecule has 16 heavy (non-hydrogen) atoms. The van der Waals surface area contributed by atoms with Gasteiger partial charge in [0.2, 0.25) is 0 Å². The van der Waals surface area contributed by atoms with Gasteiger partial charge in [-0.3, -0.25) is 0 Å². The van der Waals surface area contributed by atoms with Gasteiger partial charge in [0, 0.05) is 12.6 Å². The van der Waals surface area contributed by atoms with Crippen LogP contribution in [0.1, 0.15) is 59.8 Å². The molecule has 1 heterocycles. The summed E-state index contributed by atoms with van der Waals surface area (Å²) in [5.41, 5.74) is 0.589. The van der Waals surface area contributed by atoms with Gasteiger partial charge in [-0.2, -0.15) is 0 Å². The molecule has 2 nitrogen and oxygen atoms in total. The largest absolute Gasteiger partial charge is 0.371 e. The van der Waals surface area contributed by atoms with Crippen molar-refractivity contribution in [1.29, 1.82) is 0 Å². The standard InChI is InChI=1S/C14H27NO/c1-13(2)8-5-6-12(13)15-10-11-7-9-14(3,4)16-11/h11-12,15H,5-10H2,1-4H3. The van der Waals surface area contributed by atoms with E-state index >= 15 is 0 Å². The van der Waals surface area contributed by atoms with E-state index in [1.807, 2.05) is 0 Å². The lowest BCUT2D eigenvalue weighted by molar-refractivity contribution is -0.0161. The van der Waals surface area contributed by atoms with Crippen LogP contribution in [-0.2, 0) is 4.74 Å². The first-order valence-corrected chi connectivity index (χ1v) is 6.80. The Labute approximate surface area is 100 Å². The smallest absolute Gasteiger partial charge is 0.0707 e. The van der Waals surface area contributed by atoms with Gasteiger partial charge in [0.05, 0.1) is 11.7 Å². The molecule has 1 saturated carbocycles. The van der Waals surface area contributed by atoms with Crippen LogP contribution in [0.25, 0.3) is 0 Å². The van der Waals surface area contributed by atoms with E-state index in [9.17, 15) is 0 Å². The molecule has 0 spiro atoms. The quantitative estimate of drug-likeness (QED) is 0.797. The van der Waals surface area contributed by atoms with Crippen molar-refractivity contribution in [3.63, 3.8) is 0 Å². The van der Waals surface area contributed by atoms with E-state index in [0.29, 0.717) is 17.6 Å². The summed E-state index contributed by atoms with van der Waals surface area (Å²) in [6.07, 6.45) is 6.93. The summed E-state index contributed by atoms with van der Waals surface area (Å²) in [7, 11) is 0. The van der Waals surface area contributed by atoms with Crippen molar-refractivity contribution in [3.8, 4) is 0 Å². The van der Waals surface area contributed by atoms with E-state index in [2.05, 4.69) is 33.0 Å². The van der Waals surface area contributed by atoms with Crippen molar-refractivity contribution in [2.24, 2.45) is 5.41 Å². The number of ether oxygens (including phenoxy) is 1. The second-order valence-electron chi connectivity index (χ2n) is 6.88. The van der Waals surface area contributed by atoms with Gasteiger partial charge in [-0.1, -0.05) is 20.3 Å². The summed E-state index contributed by atoms with van der Waals surface area (Å²) in [5.74, 6) is 0. The molecule has 2 rings (SSSR count). The van der Waals surface area contributed by atoms with Crippen LogP contribution in [0.15, 0.2) is 0 Å². The molecule has 2 heteroatoms. The Bertz CT molecular complexity index is 247. The van der Waals surface area contributed by atoms with Crippen LogP contribution in [0.4, 0.5) is 0 Å². The number of rotatable bonds is 3. The molecule has 0 radical (unpaired) electrons. The van der Waals surface area contributed by atoms with E-state index < -0.39 is 0 Å². The number of nitrogens with one attached hydrogen (secondary N) is 1. The minimum absolute atomic E-state index is 0.109. The third-order valence-electron chi connectivity index (χ3n) is 4.40. The zero-order valence-corrected chi connectivity index (χ0v) is 11.3. The predicted octanol–water partition coefficient (Wildman–Crippen LogP) is 3.11. The lowest BCUT2D eigenvalue weighted by atomic mass is 9.87.